The van der Waals surface area contributed by atoms with Gasteiger partial charge in [0.1, 0.15) is 29.2 Å². The number of carbonyl (C=O) groups is 6. The number of hydrogen-bond donors (Lipinski definition) is 4. The van der Waals surface area contributed by atoms with Gasteiger partial charge in [0.15, 0.2) is 23.2 Å². The van der Waals surface area contributed by atoms with Gasteiger partial charge in [-0.25, -0.2) is 13.8 Å². The van der Waals surface area contributed by atoms with E-state index in [9.17, 15) is 28.8 Å². The van der Waals surface area contributed by atoms with E-state index in [1.807, 2.05) is 0 Å². The third-order valence-electron chi connectivity index (χ3n) is 9.09. The maximum absolute atomic E-state index is 16.3. The van der Waals surface area contributed by atoms with E-state index >= 15 is 8.78 Å². The molecule has 0 saturated carbocycles. The van der Waals surface area contributed by atoms with Crippen molar-refractivity contribution in [3.8, 4) is 28.3 Å². The smallest absolute Gasteiger partial charge is 0.290 e. The minimum atomic E-state index is -1.42. The summed E-state index contributed by atoms with van der Waals surface area (Å²) in [5.74, 6) is -9.87. The van der Waals surface area contributed by atoms with Gasteiger partial charge >= 0.3 is 0 Å². The van der Waals surface area contributed by atoms with Crippen LogP contribution >= 0.6 is 0 Å². The Morgan fingerprint density at radius 1 is 0.729 bits per heavy atom. The molecule has 6 N–H and O–H groups in total. The molecule has 59 heavy (non-hydrogen) atoms. The number of rotatable bonds is 17. The molecule has 0 saturated heterocycles. The van der Waals surface area contributed by atoms with Crippen LogP contribution < -0.4 is 26.8 Å². The maximum atomic E-state index is 16.3. The van der Waals surface area contributed by atoms with Gasteiger partial charge in [-0.05, 0) is 29.3 Å². The van der Waals surface area contributed by atoms with Crippen molar-refractivity contribution >= 4 is 35.2 Å². The minimum absolute atomic E-state index is 0.0750. The lowest BCUT2D eigenvalue weighted by atomic mass is 10.0. The molecule has 6 rings (SSSR count). The number of oxazole rings is 1. The van der Waals surface area contributed by atoms with Crippen molar-refractivity contribution in [2.45, 2.75) is 31.3 Å². The van der Waals surface area contributed by atoms with E-state index in [0.29, 0.717) is 11.1 Å². The number of halogens is 2. The number of nitrogens with one attached hydrogen (secondary N) is 2. The Kier molecular flexibility index (Phi) is 12.4. The Labute approximate surface area is 333 Å². The summed E-state index contributed by atoms with van der Waals surface area (Å²) in [4.78, 5) is 80.8. The van der Waals surface area contributed by atoms with Gasteiger partial charge in [-0.2, -0.15) is 0 Å². The summed E-state index contributed by atoms with van der Waals surface area (Å²) in [7, 11) is 1.17. The van der Waals surface area contributed by atoms with Crippen LogP contribution in [0.3, 0.4) is 0 Å². The van der Waals surface area contributed by atoms with Crippen LogP contribution in [0.2, 0.25) is 0 Å². The molecule has 2 aromatic heterocycles. The number of nitrogens with zero attached hydrogens (tertiary/aromatic N) is 2. The van der Waals surface area contributed by atoms with Crippen LogP contribution in [-0.4, -0.2) is 64.5 Å². The number of hydrogen-bond acceptors (Lipinski definition) is 11. The topological polar surface area (TPSA) is 240 Å². The molecule has 0 spiro atoms. The van der Waals surface area contributed by atoms with Crippen molar-refractivity contribution in [2.24, 2.45) is 11.5 Å². The fourth-order valence-electron chi connectivity index (χ4n) is 6.24. The monoisotopic (exact) mass is 804 g/mol. The predicted molar refractivity (Wildman–Crippen MR) is 204 cm³/mol. The first-order chi connectivity index (χ1) is 28.4. The molecule has 2 atom stereocenters. The number of Topliss-reactive ketones (excluding diaryl/α,β-unsaturated/α-hetero) is 2. The zero-order valence-corrected chi connectivity index (χ0v) is 31.1. The summed E-state index contributed by atoms with van der Waals surface area (Å²) in [6.45, 7) is 0. The van der Waals surface area contributed by atoms with Crippen molar-refractivity contribution in [1.82, 2.24) is 20.8 Å². The predicted octanol–water partition coefficient (Wildman–Crippen LogP) is 3.67. The fourth-order valence-corrected chi connectivity index (χ4v) is 6.24. The zero-order valence-electron chi connectivity index (χ0n) is 31.1. The molecule has 17 heteroatoms. The molecular weight excluding hydrogens is 770 g/mol. The summed E-state index contributed by atoms with van der Waals surface area (Å²) in [5, 5.41) is 8.56. The lowest BCUT2D eigenvalue weighted by Gasteiger charge is -2.16. The first-order valence-electron chi connectivity index (χ1n) is 17.8. The highest BCUT2D eigenvalue weighted by atomic mass is 19.1. The van der Waals surface area contributed by atoms with E-state index < -0.39 is 64.7 Å². The minimum Gasteiger partial charge on any atom is -0.493 e. The zero-order chi connectivity index (χ0) is 42.2. The highest BCUT2D eigenvalue weighted by Gasteiger charge is 2.32. The third-order valence-corrected chi connectivity index (χ3v) is 9.09. The normalized spacial score (nSPS) is 11.9. The SMILES string of the molecule is COc1c(Cc2nc(-c3ccccc3F)c(C(=O)NC(Cc3ccccc3)C(=O)C(N)=O)o2)ccc(-c2oncc2C(=O)NC(Cc2ccccc2)C(=O)C(N)=O)c1F. The molecule has 0 aliphatic rings. The number of nitrogens with two attached hydrogens (primary N) is 2. The Bertz CT molecular complexity index is 2560. The van der Waals surface area contributed by atoms with Gasteiger partial charge in [0.25, 0.3) is 23.6 Å². The average molecular weight is 805 g/mol. The van der Waals surface area contributed by atoms with Crippen molar-refractivity contribution < 1.29 is 51.2 Å². The van der Waals surface area contributed by atoms with Crippen molar-refractivity contribution in [1.29, 1.82) is 0 Å². The van der Waals surface area contributed by atoms with Gasteiger partial charge in [-0.15, -0.1) is 0 Å². The van der Waals surface area contributed by atoms with E-state index in [-0.39, 0.29) is 64.6 Å². The molecule has 4 aromatic carbocycles. The second-order valence-corrected chi connectivity index (χ2v) is 13.0. The Hall–Kier alpha value is -7.82. The molecule has 0 aliphatic carbocycles. The average Bonchev–Trinajstić information content (AvgIpc) is 3.89. The molecule has 15 nitrogen and oxygen atoms in total. The van der Waals surface area contributed by atoms with Gasteiger partial charge in [0.05, 0.1) is 25.3 Å². The van der Waals surface area contributed by atoms with Crippen LogP contribution in [0.5, 0.6) is 5.75 Å². The molecule has 6 aromatic rings. The lowest BCUT2D eigenvalue weighted by molar-refractivity contribution is -0.137. The molecule has 300 valence electrons. The van der Waals surface area contributed by atoms with Crippen molar-refractivity contribution in [3.05, 3.63) is 149 Å². The first-order valence-corrected chi connectivity index (χ1v) is 17.8. The maximum Gasteiger partial charge on any atom is 0.290 e. The van der Waals surface area contributed by atoms with Crippen LogP contribution in [0.15, 0.2) is 112 Å². The number of aromatic nitrogens is 2. The molecule has 2 heterocycles. The Morgan fingerprint density at radius 2 is 1.29 bits per heavy atom. The van der Waals surface area contributed by atoms with Crippen LogP contribution in [0.1, 0.15) is 43.5 Å². The lowest BCUT2D eigenvalue weighted by Crippen LogP contribution is -2.47. The quantitative estimate of drug-likeness (QED) is 0.0970. The van der Waals surface area contributed by atoms with Gasteiger partial charge in [0, 0.05) is 24.0 Å². The second kappa shape index (κ2) is 18.0. The highest BCUT2D eigenvalue weighted by molar-refractivity contribution is 6.38. The van der Waals surface area contributed by atoms with E-state index in [2.05, 4.69) is 20.8 Å². The number of carbonyl (C=O) groups excluding carboxylic acids is 6. The van der Waals surface area contributed by atoms with E-state index in [0.717, 1.165) is 12.3 Å². The molecule has 2 unspecified atom stereocenters. The number of primary amides is 2. The number of amides is 4. The summed E-state index contributed by atoms with van der Waals surface area (Å²) in [5.41, 5.74) is 10.9. The number of ether oxygens (including phenoxy) is 1. The second-order valence-electron chi connectivity index (χ2n) is 13.0. The van der Waals surface area contributed by atoms with Crippen molar-refractivity contribution in [2.75, 3.05) is 7.11 Å². The van der Waals surface area contributed by atoms with Crippen LogP contribution in [0.4, 0.5) is 8.78 Å². The summed E-state index contributed by atoms with van der Waals surface area (Å²) < 4.78 is 48.0. The van der Waals surface area contributed by atoms with Crippen LogP contribution in [0, 0.1) is 11.6 Å². The Morgan fingerprint density at radius 3 is 1.85 bits per heavy atom. The molecule has 0 bridgehead atoms. The number of methoxy groups -OCH3 is 1. The number of ketones is 2. The standard InChI is InChI=1S/C42H34F2N6O9/c1-57-36-24(16-17-26(32(36)44)37-27(21-47-59-37)41(55)48-29(34(51)39(45)53)18-22-10-4-2-5-11-22)20-31-50-33(25-14-8-9-15-28(25)43)38(58-31)42(56)49-30(35(52)40(46)54)19-23-12-6-3-7-13-23/h2-17,21,29-30H,18-20H2,1H3,(H2,45,53)(H2,46,54)(H,48,55)(H,49,56). The van der Waals surface area contributed by atoms with Gasteiger partial charge in [0.2, 0.25) is 17.3 Å². The Balaban J connectivity index is 1.30. The molecular formula is C42H34F2N6O9. The largest absolute Gasteiger partial charge is 0.493 e. The molecule has 0 radical (unpaired) electrons. The molecule has 4 amide bonds. The summed E-state index contributed by atoms with van der Waals surface area (Å²) in [6, 6.07) is 22.3. The van der Waals surface area contributed by atoms with E-state index in [1.54, 1.807) is 60.7 Å². The van der Waals surface area contributed by atoms with Crippen LogP contribution in [0.25, 0.3) is 22.6 Å². The molecule has 0 fully saturated rings. The van der Waals surface area contributed by atoms with E-state index in [4.69, 9.17) is 25.1 Å². The highest BCUT2D eigenvalue weighted by Crippen LogP contribution is 2.36. The van der Waals surface area contributed by atoms with Gasteiger partial charge in [-0.3, -0.25) is 28.8 Å². The van der Waals surface area contributed by atoms with Crippen molar-refractivity contribution in [3.63, 3.8) is 0 Å². The van der Waals surface area contributed by atoms with Gasteiger partial charge < -0.3 is 35.8 Å². The van der Waals surface area contributed by atoms with E-state index in [1.165, 1.54) is 37.4 Å². The third kappa shape index (κ3) is 9.26. The summed E-state index contributed by atoms with van der Waals surface area (Å²) >= 11 is 0. The summed E-state index contributed by atoms with van der Waals surface area (Å²) in [6.07, 6.45) is 0.489. The van der Waals surface area contributed by atoms with Crippen LogP contribution in [-0.2, 0) is 38.4 Å². The number of benzene rings is 4. The molecule has 0 aliphatic heterocycles. The first kappa shape index (κ1) is 40.8. The fraction of sp³-hybridized carbons (Fsp3) is 0.143. The van der Waals surface area contributed by atoms with Gasteiger partial charge in [-0.1, -0.05) is 84.0 Å².